The van der Waals surface area contributed by atoms with Crippen molar-refractivity contribution in [3.63, 3.8) is 0 Å². The Kier molecular flexibility index (Phi) is 6.09. The average molecular weight is 578 g/mol. The van der Waals surface area contributed by atoms with Crippen LogP contribution in [0.3, 0.4) is 0 Å². The zero-order valence-electron chi connectivity index (χ0n) is 24.9. The van der Waals surface area contributed by atoms with Gasteiger partial charge in [-0.2, -0.15) is 0 Å². The van der Waals surface area contributed by atoms with Gasteiger partial charge in [0.15, 0.2) is 0 Å². The summed E-state index contributed by atoms with van der Waals surface area (Å²) in [6.07, 6.45) is 11.4. The molecule has 2 aliphatic carbocycles. The van der Waals surface area contributed by atoms with Crippen LogP contribution in [0.2, 0.25) is 0 Å². The molecule has 1 N–H and O–H groups in total. The third-order valence-corrected chi connectivity index (χ3v) is 9.56. The number of nitrogens with one attached hydrogen (secondary N) is 1. The Labute approximate surface area is 263 Å². The zero-order chi connectivity index (χ0) is 29.7. The van der Waals surface area contributed by atoms with E-state index in [0.29, 0.717) is 0 Å². The number of nitrogens with zero attached hydrogens (tertiary/aromatic N) is 2. The number of hydrogen-bond donors (Lipinski definition) is 1. The second kappa shape index (κ2) is 10.6. The number of pyridine rings is 1. The van der Waals surface area contributed by atoms with Crippen LogP contribution in [0, 0.1) is 0 Å². The predicted molar refractivity (Wildman–Crippen MR) is 186 cm³/mol. The molecule has 6 aromatic rings. The van der Waals surface area contributed by atoms with E-state index in [4.69, 9.17) is 4.99 Å². The highest BCUT2D eigenvalue weighted by molar-refractivity contribution is 6.15. The minimum atomic E-state index is -0.0226. The zero-order valence-corrected chi connectivity index (χ0v) is 24.9. The summed E-state index contributed by atoms with van der Waals surface area (Å²) >= 11 is 0. The number of rotatable bonds is 5. The maximum atomic E-state index is 5.09. The number of benzene rings is 4. The van der Waals surface area contributed by atoms with Crippen molar-refractivity contribution < 1.29 is 0 Å². The largest absolute Gasteiger partial charge is 0.360 e. The molecule has 9 rings (SSSR count). The molecular formula is C42H31N3. The van der Waals surface area contributed by atoms with E-state index in [1.807, 2.05) is 30.6 Å². The lowest BCUT2D eigenvalue weighted by atomic mass is 9.87. The van der Waals surface area contributed by atoms with E-state index in [0.717, 1.165) is 36.4 Å². The molecule has 0 spiro atoms. The molecule has 45 heavy (non-hydrogen) atoms. The van der Waals surface area contributed by atoms with Gasteiger partial charge in [-0.05, 0) is 110 Å². The van der Waals surface area contributed by atoms with Crippen LogP contribution in [0.15, 0.2) is 150 Å². The van der Waals surface area contributed by atoms with Gasteiger partial charge in [0, 0.05) is 18.8 Å². The van der Waals surface area contributed by atoms with E-state index in [1.54, 1.807) is 5.57 Å². The summed E-state index contributed by atoms with van der Waals surface area (Å²) in [4.78, 5) is 13.1. The molecule has 0 saturated carbocycles. The summed E-state index contributed by atoms with van der Waals surface area (Å²) in [5.74, 6) is 0. The minimum absolute atomic E-state index is 0.0226. The van der Waals surface area contributed by atoms with Crippen LogP contribution >= 0.6 is 0 Å². The molecule has 0 bridgehead atoms. The van der Waals surface area contributed by atoms with Gasteiger partial charge < -0.3 is 4.98 Å². The molecule has 0 saturated heterocycles. The number of aromatic amines is 1. The fourth-order valence-corrected chi connectivity index (χ4v) is 7.43. The lowest BCUT2D eigenvalue weighted by molar-refractivity contribution is 0.719. The Morgan fingerprint density at radius 1 is 0.689 bits per heavy atom. The van der Waals surface area contributed by atoms with E-state index < -0.39 is 0 Å². The molecule has 3 aliphatic rings. The molecule has 0 radical (unpaired) electrons. The first-order valence-electron chi connectivity index (χ1n) is 15.8. The van der Waals surface area contributed by atoms with Gasteiger partial charge in [0.1, 0.15) is 0 Å². The number of aliphatic imine (C=N–C) groups is 1. The Bertz CT molecular complexity index is 2200. The summed E-state index contributed by atoms with van der Waals surface area (Å²) in [5, 5.41) is 2.69. The van der Waals surface area contributed by atoms with Gasteiger partial charge in [0.2, 0.25) is 0 Å². The number of aromatic nitrogens is 2. The SMILES string of the molecule is C1=C(c2ccc(-c3cc4c(c5ccccc35)CC3=C4C(c4ccccc4)=CC3)cc2)CC(c2ccccn2)N=C1c1ccc[nH]1. The van der Waals surface area contributed by atoms with Crippen LogP contribution < -0.4 is 0 Å². The standard InChI is InChI=1S/C42H31N3/c1-2-9-28(10-3-1)32-20-19-30-23-36-34-12-5-4-11-33(34)35(26-37(36)42(30)32)29-17-15-27(16-18-29)31-24-40(38-13-6-7-21-43-38)45-41(25-31)39-14-8-22-44-39/h1-18,20-22,25-26,40,44H,19,23-24H2. The van der Waals surface area contributed by atoms with Crippen LogP contribution in [-0.2, 0) is 6.42 Å². The minimum Gasteiger partial charge on any atom is -0.360 e. The average Bonchev–Trinajstić information content (AvgIpc) is 3.87. The highest BCUT2D eigenvalue weighted by atomic mass is 14.9. The summed E-state index contributed by atoms with van der Waals surface area (Å²) in [6.45, 7) is 0. The highest BCUT2D eigenvalue weighted by Gasteiger charge is 2.30. The molecular weight excluding hydrogens is 546 g/mol. The van der Waals surface area contributed by atoms with Crippen LogP contribution in [0.4, 0.5) is 0 Å². The van der Waals surface area contributed by atoms with Gasteiger partial charge in [0.25, 0.3) is 0 Å². The molecule has 3 heterocycles. The lowest BCUT2D eigenvalue weighted by Crippen LogP contribution is -2.11. The van der Waals surface area contributed by atoms with E-state index in [-0.39, 0.29) is 6.04 Å². The normalized spacial score (nSPS) is 17.2. The van der Waals surface area contributed by atoms with E-state index in [1.165, 1.54) is 60.9 Å². The van der Waals surface area contributed by atoms with Crippen molar-refractivity contribution in [1.29, 1.82) is 0 Å². The first-order chi connectivity index (χ1) is 22.3. The maximum Gasteiger partial charge on any atom is 0.0967 e. The Morgan fingerprint density at radius 3 is 2.29 bits per heavy atom. The topological polar surface area (TPSA) is 41.0 Å². The van der Waals surface area contributed by atoms with Crippen LogP contribution in [0.5, 0.6) is 0 Å². The van der Waals surface area contributed by atoms with Gasteiger partial charge >= 0.3 is 0 Å². The molecule has 4 aromatic carbocycles. The van der Waals surface area contributed by atoms with Crippen LogP contribution in [0.25, 0.3) is 38.6 Å². The van der Waals surface area contributed by atoms with Crippen molar-refractivity contribution in [1.82, 2.24) is 9.97 Å². The molecule has 1 aliphatic heterocycles. The maximum absolute atomic E-state index is 5.09. The van der Waals surface area contributed by atoms with Gasteiger partial charge in [-0.25, -0.2) is 0 Å². The molecule has 1 unspecified atom stereocenters. The highest BCUT2D eigenvalue weighted by Crippen LogP contribution is 2.50. The Morgan fingerprint density at radius 2 is 1.49 bits per heavy atom. The fraction of sp³-hybridized carbons (Fsp3) is 0.0952. The van der Waals surface area contributed by atoms with Crippen LogP contribution in [-0.4, -0.2) is 15.7 Å². The number of dihydropyridines is 1. The second-order valence-electron chi connectivity index (χ2n) is 12.2. The number of H-pyrrole nitrogens is 1. The smallest absolute Gasteiger partial charge is 0.0967 e. The second-order valence-corrected chi connectivity index (χ2v) is 12.2. The van der Waals surface area contributed by atoms with Crippen molar-refractivity contribution in [3.8, 4) is 11.1 Å². The summed E-state index contributed by atoms with van der Waals surface area (Å²) in [5.41, 5.74) is 16.6. The number of fused-ring (bicyclic) bond motifs is 4. The first kappa shape index (κ1) is 25.9. The van der Waals surface area contributed by atoms with E-state index in [9.17, 15) is 0 Å². The third-order valence-electron chi connectivity index (χ3n) is 9.56. The van der Waals surface area contributed by atoms with Crippen molar-refractivity contribution in [2.75, 3.05) is 0 Å². The number of hydrogen-bond acceptors (Lipinski definition) is 2. The lowest BCUT2D eigenvalue weighted by Gasteiger charge is -2.21. The van der Waals surface area contributed by atoms with Crippen LogP contribution in [0.1, 0.15) is 52.5 Å². The Hall–Kier alpha value is -5.54. The summed E-state index contributed by atoms with van der Waals surface area (Å²) in [7, 11) is 0. The van der Waals surface area contributed by atoms with Crippen molar-refractivity contribution in [2.24, 2.45) is 4.99 Å². The van der Waals surface area contributed by atoms with Crippen molar-refractivity contribution in [3.05, 3.63) is 179 Å². The molecule has 2 aromatic heterocycles. The van der Waals surface area contributed by atoms with Gasteiger partial charge in [-0.3, -0.25) is 9.98 Å². The molecule has 0 fully saturated rings. The summed E-state index contributed by atoms with van der Waals surface area (Å²) < 4.78 is 0. The van der Waals surface area contributed by atoms with Gasteiger partial charge in [0.05, 0.1) is 23.1 Å². The van der Waals surface area contributed by atoms with E-state index in [2.05, 4.69) is 119 Å². The molecule has 1 atom stereocenters. The number of allylic oxidation sites excluding steroid dienone is 5. The monoisotopic (exact) mass is 577 g/mol. The Balaban J connectivity index is 1.11. The predicted octanol–water partition coefficient (Wildman–Crippen LogP) is 10.0. The molecule has 3 heteroatoms. The van der Waals surface area contributed by atoms with E-state index >= 15 is 0 Å². The summed E-state index contributed by atoms with van der Waals surface area (Å²) in [6, 6.07) is 41.6. The molecule has 214 valence electrons. The fourth-order valence-electron chi connectivity index (χ4n) is 7.43. The molecule has 0 amide bonds. The third kappa shape index (κ3) is 4.43. The quantitative estimate of drug-likeness (QED) is 0.218. The first-order valence-corrected chi connectivity index (χ1v) is 15.8. The van der Waals surface area contributed by atoms with Gasteiger partial charge in [-0.15, -0.1) is 0 Å². The molecule has 3 nitrogen and oxygen atoms in total. The van der Waals surface area contributed by atoms with Crippen molar-refractivity contribution >= 4 is 33.2 Å². The van der Waals surface area contributed by atoms with Gasteiger partial charge in [-0.1, -0.05) is 96.6 Å². The van der Waals surface area contributed by atoms with Crippen molar-refractivity contribution in [2.45, 2.75) is 25.3 Å².